The first-order valence-electron chi connectivity index (χ1n) is 6.05. The van der Waals surface area contributed by atoms with Crippen molar-refractivity contribution < 1.29 is 4.79 Å². The molecule has 2 amide bonds. The Morgan fingerprint density at radius 3 is 2.35 bits per heavy atom. The number of carbonyl (C=O) groups excluding carboxylic acids is 1. The van der Waals surface area contributed by atoms with Crippen LogP contribution in [0.4, 0.5) is 4.79 Å². The summed E-state index contributed by atoms with van der Waals surface area (Å²) < 4.78 is 2.70. The molecule has 0 radical (unpaired) electrons. The van der Waals surface area contributed by atoms with E-state index in [0.29, 0.717) is 4.99 Å². The quantitative estimate of drug-likeness (QED) is 0.671. The smallest absolute Gasteiger partial charge is 0.297 e. The lowest BCUT2D eigenvalue weighted by Gasteiger charge is -2.08. The number of aryl methyl sites for hydroxylation is 1. The Morgan fingerprint density at radius 1 is 1.05 bits per heavy atom. The fourth-order valence-corrected chi connectivity index (χ4v) is 2.26. The van der Waals surface area contributed by atoms with E-state index in [9.17, 15) is 4.79 Å². The molecule has 0 unspecified atom stereocenters. The van der Waals surface area contributed by atoms with Gasteiger partial charge in [0, 0.05) is 10.5 Å². The average Bonchev–Trinajstić information content (AvgIpc) is 2.47. The van der Waals surface area contributed by atoms with Gasteiger partial charge in [-0.2, -0.15) is 0 Å². The molecule has 20 heavy (non-hydrogen) atoms. The van der Waals surface area contributed by atoms with Crippen molar-refractivity contribution in [2.75, 3.05) is 0 Å². The average molecular weight is 302 g/mol. The molecule has 0 spiro atoms. The summed E-state index contributed by atoms with van der Waals surface area (Å²) in [5.41, 5.74) is 2.00. The van der Waals surface area contributed by atoms with Crippen molar-refractivity contribution in [1.29, 1.82) is 0 Å². The van der Waals surface area contributed by atoms with Gasteiger partial charge in [-0.15, -0.1) is 0 Å². The van der Waals surface area contributed by atoms with Crippen LogP contribution in [0.1, 0.15) is 11.1 Å². The van der Waals surface area contributed by atoms with Gasteiger partial charge >= 0.3 is 6.03 Å². The van der Waals surface area contributed by atoms with Crippen LogP contribution in [-0.4, -0.2) is 11.0 Å². The van der Waals surface area contributed by atoms with Gasteiger partial charge in [0.1, 0.15) is 4.99 Å². The first kappa shape index (κ1) is 14.6. The molecule has 5 heteroatoms. The lowest BCUT2D eigenvalue weighted by Crippen LogP contribution is -2.35. The monoisotopic (exact) mass is 302 g/mol. The summed E-state index contributed by atoms with van der Waals surface area (Å²) in [6.45, 7) is 2.02. The Kier molecular flexibility index (Phi) is 5.15. The molecule has 3 nitrogen and oxygen atoms in total. The number of carbonyl (C=O) groups is 1. The molecule has 0 heterocycles. The van der Waals surface area contributed by atoms with Crippen LogP contribution in [0.5, 0.6) is 0 Å². The van der Waals surface area contributed by atoms with Gasteiger partial charge in [-0.05, 0) is 31.0 Å². The van der Waals surface area contributed by atoms with Gasteiger partial charge in [0.2, 0.25) is 0 Å². The summed E-state index contributed by atoms with van der Waals surface area (Å²) >= 11 is 6.42. The molecule has 0 aromatic heterocycles. The number of urea groups is 1. The molecule has 0 fully saturated rings. The van der Waals surface area contributed by atoms with E-state index in [-0.39, 0.29) is 6.03 Å². The summed E-state index contributed by atoms with van der Waals surface area (Å²) in [4.78, 5) is 13.1. The van der Waals surface area contributed by atoms with E-state index in [1.807, 2.05) is 61.5 Å². The lowest BCUT2D eigenvalue weighted by atomic mass is 10.2. The van der Waals surface area contributed by atoms with Gasteiger partial charge in [0.15, 0.2) is 0 Å². The van der Waals surface area contributed by atoms with Gasteiger partial charge in [-0.1, -0.05) is 60.2 Å². The van der Waals surface area contributed by atoms with Crippen molar-refractivity contribution in [3.05, 3.63) is 65.7 Å². The Bertz CT molecular complexity index is 597. The highest BCUT2D eigenvalue weighted by Crippen LogP contribution is 2.14. The summed E-state index contributed by atoms with van der Waals surface area (Å²) in [6.07, 6.45) is 0. The minimum atomic E-state index is -0.329. The highest BCUT2D eigenvalue weighted by molar-refractivity contribution is 7.98. The van der Waals surface area contributed by atoms with Crippen LogP contribution in [0.3, 0.4) is 0 Å². The maximum absolute atomic E-state index is 11.7. The number of benzene rings is 2. The minimum absolute atomic E-state index is 0.329. The first-order chi connectivity index (χ1) is 9.65. The molecule has 0 saturated heterocycles. The molecule has 102 valence electrons. The molecule has 0 saturated carbocycles. The predicted molar refractivity (Wildman–Crippen MR) is 86.8 cm³/mol. The predicted octanol–water partition coefficient (Wildman–Crippen LogP) is 3.68. The van der Waals surface area contributed by atoms with E-state index in [0.717, 1.165) is 10.5 Å². The molecular weight excluding hydrogens is 288 g/mol. The third kappa shape index (κ3) is 4.36. The van der Waals surface area contributed by atoms with Crippen molar-refractivity contribution in [2.45, 2.75) is 11.8 Å². The molecule has 2 rings (SSSR count). The maximum Gasteiger partial charge on any atom is 0.330 e. The second-order valence-corrected chi connectivity index (χ2v) is 5.45. The van der Waals surface area contributed by atoms with E-state index in [1.54, 1.807) is 0 Å². The highest BCUT2D eigenvalue weighted by atomic mass is 32.2. The number of rotatable bonds is 3. The van der Waals surface area contributed by atoms with Gasteiger partial charge in [-0.25, -0.2) is 4.79 Å². The Balaban J connectivity index is 1.84. The van der Waals surface area contributed by atoms with Gasteiger partial charge in [-0.3, -0.25) is 10.0 Å². The number of hydrogen-bond acceptors (Lipinski definition) is 3. The van der Waals surface area contributed by atoms with Crippen LogP contribution in [0, 0.1) is 6.92 Å². The van der Waals surface area contributed by atoms with Crippen LogP contribution in [0.25, 0.3) is 0 Å². The van der Waals surface area contributed by atoms with Crippen LogP contribution < -0.4 is 10.0 Å². The van der Waals surface area contributed by atoms with E-state index in [2.05, 4.69) is 10.0 Å². The normalized spacial score (nSPS) is 9.85. The SMILES string of the molecule is Cc1ccc(SNC(=O)NC(=S)c2ccccc2)cc1. The van der Waals surface area contributed by atoms with E-state index >= 15 is 0 Å². The summed E-state index contributed by atoms with van der Waals surface area (Å²) in [5.74, 6) is 0. The van der Waals surface area contributed by atoms with E-state index in [4.69, 9.17) is 12.2 Å². The van der Waals surface area contributed by atoms with Crippen molar-refractivity contribution >= 4 is 35.2 Å². The largest absolute Gasteiger partial charge is 0.330 e. The Morgan fingerprint density at radius 2 is 1.70 bits per heavy atom. The molecule has 0 aliphatic rings. The molecule has 0 atom stereocenters. The molecule has 0 aliphatic carbocycles. The lowest BCUT2D eigenvalue weighted by molar-refractivity contribution is 0.251. The summed E-state index contributed by atoms with van der Waals surface area (Å²) in [5, 5.41) is 2.64. The third-order valence-corrected chi connectivity index (χ3v) is 3.68. The number of nitrogens with one attached hydrogen (secondary N) is 2. The highest BCUT2D eigenvalue weighted by Gasteiger charge is 2.06. The minimum Gasteiger partial charge on any atom is -0.297 e. The zero-order chi connectivity index (χ0) is 14.4. The van der Waals surface area contributed by atoms with Crippen LogP contribution in [-0.2, 0) is 0 Å². The van der Waals surface area contributed by atoms with E-state index < -0.39 is 0 Å². The van der Waals surface area contributed by atoms with Gasteiger partial charge in [0.05, 0.1) is 0 Å². The molecule has 2 aromatic rings. The topological polar surface area (TPSA) is 41.1 Å². The number of hydrogen-bond donors (Lipinski definition) is 2. The van der Waals surface area contributed by atoms with E-state index in [1.165, 1.54) is 17.5 Å². The van der Waals surface area contributed by atoms with Crippen LogP contribution in [0.2, 0.25) is 0 Å². The van der Waals surface area contributed by atoms with Crippen molar-refractivity contribution in [2.24, 2.45) is 0 Å². The van der Waals surface area contributed by atoms with Crippen molar-refractivity contribution in [3.63, 3.8) is 0 Å². The van der Waals surface area contributed by atoms with Gasteiger partial charge in [0.25, 0.3) is 0 Å². The van der Waals surface area contributed by atoms with Crippen LogP contribution in [0.15, 0.2) is 59.5 Å². The second-order valence-electron chi connectivity index (χ2n) is 4.17. The standard InChI is InChI=1S/C15H14N2OS2/c1-11-7-9-13(10-8-11)20-17-15(18)16-14(19)12-5-3-2-4-6-12/h2-10H,1H3,(H2,16,17,18,19). The summed E-state index contributed by atoms with van der Waals surface area (Å²) in [7, 11) is 0. The molecule has 2 aromatic carbocycles. The number of amides is 2. The molecule has 0 bridgehead atoms. The van der Waals surface area contributed by atoms with Crippen LogP contribution >= 0.6 is 24.2 Å². The Hall–Kier alpha value is -1.85. The fourth-order valence-electron chi connectivity index (χ4n) is 1.50. The zero-order valence-electron chi connectivity index (χ0n) is 10.9. The third-order valence-electron chi connectivity index (χ3n) is 2.55. The molecular formula is C15H14N2OS2. The van der Waals surface area contributed by atoms with Gasteiger partial charge < -0.3 is 0 Å². The zero-order valence-corrected chi connectivity index (χ0v) is 12.6. The molecule has 2 N–H and O–H groups in total. The fraction of sp³-hybridized carbons (Fsp3) is 0.0667. The number of thiocarbonyl (C=S) groups is 1. The maximum atomic E-state index is 11.7. The molecule has 0 aliphatic heterocycles. The Labute approximate surface area is 127 Å². The van der Waals surface area contributed by atoms with Crippen molar-refractivity contribution in [1.82, 2.24) is 10.0 Å². The van der Waals surface area contributed by atoms with Crippen molar-refractivity contribution in [3.8, 4) is 0 Å². The second kappa shape index (κ2) is 7.07. The summed E-state index contributed by atoms with van der Waals surface area (Å²) in [6, 6.07) is 16.9. The first-order valence-corrected chi connectivity index (χ1v) is 7.27.